The van der Waals surface area contributed by atoms with Crippen LogP contribution in [0.25, 0.3) is 0 Å². The summed E-state index contributed by atoms with van der Waals surface area (Å²) in [5.74, 6) is -0.0213. The van der Waals surface area contributed by atoms with Gasteiger partial charge in [0.15, 0.2) is 0 Å². The minimum Gasteiger partial charge on any atom is -0.387 e. The molecule has 108 valence electrons. The van der Waals surface area contributed by atoms with Crippen molar-refractivity contribution in [3.63, 3.8) is 0 Å². The highest BCUT2D eigenvalue weighted by Gasteiger charge is 2.22. The number of pyridine rings is 1. The van der Waals surface area contributed by atoms with Gasteiger partial charge in [-0.25, -0.2) is 4.98 Å². The Morgan fingerprint density at radius 1 is 1.19 bits per heavy atom. The molecule has 0 radical (unpaired) electrons. The van der Waals surface area contributed by atoms with Crippen molar-refractivity contribution < 1.29 is 4.79 Å². The lowest BCUT2D eigenvalue weighted by Crippen LogP contribution is -2.32. The predicted octanol–water partition coefficient (Wildman–Crippen LogP) is 3.11. The molecule has 0 atom stereocenters. The van der Waals surface area contributed by atoms with Crippen LogP contribution in [-0.2, 0) is 6.42 Å². The van der Waals surface area contributed by atoms with Gasteiger partial charge in [0.25, 0.3) is 5.91 Å². The lowest BCUT2D eigenvalue weighted by molar-refractivity contribution is 0.0982. The summed E-state index contributed by atoms with van der Waals surface area (Å²) in [4.78, 5) is 18.9. The fraction of sp³-hybridized carbons (Fsp3) is 0.294. The lowest BCUT2D eigenvalue weighted by atomic mass is 10.1. The summed E-state index contributed by atoms with van der Waals surface area (Å²) >= 11 is 0. The molecular formula is C17H19N3O. The molecule has 1 aliphatic rings. The Kier molecular flexibility index (Phi) is 3.86. The fourth-order valence-electron chi connectivity index (χ4n) is 2.71. The van der Waals surface area contributed by atoms with Crippen LogP contribution in [0, 0.1) is 0 Å². The molecule has 0 aliphatic carbocycles. The molecule has 1 aromatic carbocycles. The normalized spacial score (nSPS) is 14.2. The van der Waals surface area contributed by atoms with Crippen LogP contribution >= 0.6 is 0 Å². The molecule has 0 spiro atoms. The predicted molar refractivity (Wildman–Crippen MR) is 84.8 cm³/mol. The average molecular weight is 281 g/mol. The summed E-state index contributed by atoms with van der Waals surface area (Å²) < 4.78 is 0. The number of nitrogens with zero attached hydrogens (tertiary/aromatic N) is 2. The third-order valence-electron chi connectivity index (χ3n) is 3.88. The molecule has 3 rings (SSSR count). The van der Waals surface area contributed by atoms with Gasteiger partial charge in [0, 0.05) is 19.3 Å². The van der Waals surface area contributed by atoms with Crippen molar-refractivity contribution >= 4 is 17.3 Å². The van der Waals surface area contributed by atoms with E-state index in [-0.39, 0.29) is 5.91 Å². The maximum absolute atomic E-state index is 12.8. The lowest BCUT2D eigenvalue weighted by Gasteiger charge is -2.22. The summed E-state index contributed by atoms with van der Waals surface area (Å²) in [5.41, 5.74) is 3.67. The summed E-state index contributed by atoms with van der Waals surface area (Å²) in [7, 11) is 1.84. The number of fused-ring (bicyclic) bond motifs is 1. The van der Waals surface area contributed by atoms with E-state index in [9.17, 15) is 4.79 Å². The minimum atomic E-state index is -0.0213. The molecule has 21 heavy (non-hydrogen) atoms. The molecule has 1 aromatic heterocycles. The smallest absolute Gasteiger partial charge is 0.276 e. The second-order valence-corrected chi connectivity index (χ2v) is 5.22. The van der Waals surface area contributed by atoms with Crippen LogP contribution in [0.4, 0.5) is 11.4 Å². The molecule has 4 nitrogen and oxygen atoms in total. The maximum Gasteiger partial charge on any atom is 0.276 e. The number of para-hydroxylation sites is 1. The molecule has 1 N–H and O–H groups in total. The van der Waals surface area contributed by atoms with Crippen LogP contribution in [0.3, 0.4) is 0 Å². The third-order valence-corrected chi connectivity index (χ3v) is 3.88. The standard InChI is InChI=1S/C17H19N3O/c1-18-14-9-10-15(19-12-14)17(21)20-11-5-4-7-13-6-2-3-8-16(13)20/h2-3,6,8-10,12,18H,4-5,7,11H2,1H3. The van der Waals surface area contributed by atoms with Crippen molar-refractivity contribution in [1.82, 2.24) is 4.98 Å². The Hall–Kier alpha value is -2.36. The first-order valence-corrected chi connectivity index (χ1v) is 7.33. The van der Waals surface area contributed by atoms with Gasteiger partial charge in [-0.2, -0.15) is 0 Å². The van der Waals surface area contributed by atoms with Gasteiger partial charge < -0.3 is 10.2 Å². The van der Waals surface area contributed by atoms with Gasteiger partial charge in [0.1, 0.15) is 5.69 Å². The first kappa shape index (κ1) is 13.6. The number of hydrogen-bond donors (Lipinski definition) is 1. The van der Waals surface area contributed by atoms with E-state index in [0.29, 0.717) is 5.69 Å². The molecule has 2 aromatic rings. The second-order valence-electron chi connectivity index (χ2n) is 5.22. The SMILES string of the molecule is CNc1ccc(C(=O)N2CCCCc3ccccc32)nc1. The number of benzene rings is 1. The van der Waals surface area contributed by atoms with E-state index in [1.165, 1.54) is 5.56 Å². The van der Waals surface area contributed by atoms with Gasteiger partial charge in [0.2, 0.25) is 0 Å². The number of aryl methyl sites for hydroxylation is 1. The van der Waals surface area contributed by atoms with Crippen LogP contribution in [0.5, 0.6) is 0 Å². The highest BCUT2D eigenvalue weighted by atomic mass is 16.2. The van der Waals surface area contributed by atoms with Crippen molar-refractivity contribution in [3.05, 3.63) is 53.9 Å². The van der Waals surface area contributed by atoms with Gasteiger partial charge in [-0.15, -0.1) is 0 Å². The van der Waals surface area contributed by atoms with Gasteiger partial charge in [-0.05, 0) is 43.0 Å². The zero-order chi connectivity index (χ0) is 14.7. The summed E-state index contributed by atoms with van der Waals surface area (Å²) in [6.45, 7) is 0.755. The third kappa shape index (κ3) is 2.75. The molecule has 4 heteroatoms. The summed E-state index contributed by atoms with van der Waals surface area (Å²) in [6.07, 6.45) is 4.87. The van der Waals surface area contributed by atoms with E-state index in [0.717, 1.165) is 37.2 Å². The van der Waals surface area contributed by atoms with E-state index < -0.39 is 0 Å². The molecule has 1 aliphatic heterocycles. The number of rotatable bonds is 2. The molecule has 1 amide bonds. The first-order valence-electron chi connectivity index (χ1n) is 7.33. The second kappa shape index (κ2) is 5.95. The van der Waals surface area contributed by atoms with Crippen LogP contribution in [0.2, 0.25) is 0 Å². The van der Waals surface area contributed by atoms with Gasteiger partial charge in [-0.1, -0.05) is 18.2 Å². The quantitative estimate of drug-likeness (QED) is 0.920. The van der Waals surface area contributed by atoms with E-state index in [4.69, 9.17) is 0 Å². The van der Waals surface area contributed by atoms with E-state index in [1.54, 1.807) is 12.3 Å². The number of hydrogen-bond acceptors (Lipinski definition) is 3. The van der Waals surface area contributed by atoms with Crippen molar-refractivity contribution in [2.24, 2.45) is 0 Å². The zero-order valence-corrected chi connectivity index (χ0v) is 12.2. The van der Waals surface area contributed by atoms with Crippen LogP contribution in [0.1, 0.15) is 28.9 Å². The van der Waals surface area contributed by atoms with E-state index in [2.05, 4.69) is 16.4 Å². The van der Waals surface area contributed by atoms with Gasteiger partial charge in [-0.3, -0.25) is 4.79 Å². The summed E-state index contributed by atoms with van der Waals surface area (Å²) in [6, 6.07) is 11.8. The zero-order valence-electron chi connectivity index (χ0n) is 12.2. The number of carbonyl (C=O) groups is 1. The highest BCUT2D eigenvalue weighted by Crippen LogP contribution is 2.27. The average Bonchev–Trinajstić information content (AvgIpc) is 2.77. The monoisotopic (exact) mass is 281 g/mol. The number of carbonyl (C=O) groups excluding carboxylic acids is 1. The Bertz CT molecular complexity index is 637. The first-order chi connectivity index (χ1) is 10.3. The van der Waals surface area contributed by atoms with Crippen molar-refractivity contribution in [2.75, 3.05) is 23.8 Å². The van der Waals surface area contributed by atoms with Crippen LogP contribution in [0.15, 0.2) is 42.6 Å². The molecule has 2 heterocycles. The van der Waals surface area contributed by atoms with Crippen molar-refractivity contribution in [3.8, 4) is 0 Å². The van der Waals surface area contributed by atoms with E-state index >= 15 is 0 Å². The van der Waals surface area contributed by atoms with E-state index in [1.807, 2.05) is 36.2 Å². The minimum absolute atomic E-state index is 0.0213. The Morgan fingerprint density at radius 2 is 2.05 bits per heavy atom. The summed E-state index contributed by atoms with van der Waals surface area (Å²) in [5, 5.41) is 3.01. The number of aromatic nitrogens is 1. The maximum atomic E-state index is 12.8. The molecule has 0 saturated carbocycles. The van der Waals surface area contributed by atoms with Crippen molar-refractivity contribution in [2.45, 2.75) is 19.3 Å². The topological polar surface area (TPSA) is 45.2 Å². The fourth-order valence-corrected chi connectivity index (χ4v) is 2.71. The van der Waals surface area contributed by atoms with Crippen molar-refractivity contribution in [1.29, 1.82) is 0 Å². The molecule has 0 saturated heterocycles. The molecular weight excluding hydrogens is 262 g/mol. The van der Waals surface area contributed by atoms with Crippen LogP contribution in [-0.4, -0.2) is 24.5 Å². The van der Waals surface area contributed by atoms with Gasteiger partial charge >= 0.3 is 0 Å². The van der Waals surface area contributed by atoms with Gasteiger partial charge in [0.05, 0.1) is 11.9 Å². The Morgan fingerprint density at radius 3 is 2.81 bits per heavy atom. The molecule has 0 fully saturated rings. The van der Waals surface area contributed by atoms with Crippen LogP contribution < -0.4 is 10.2 Å². The number of anilines is 2. The Balaban J connectivity index is 1.93. The largest absolute Gasteiger partial charge is 0.387 e. The highest BCUT2D eigenvalue weighted by molar-refractivity contribution is 6.05. The molecule has 0 bridgehead atoms. The molecule has 0 unspecified atom stereocenters. The number of nitrogens with one attached hydrogen (secondary N) is 1. The Labute approximate surface area is 124 Å². The number of amides is 1.